The third kappa shape index (κ3) is 2.56. The second-order valence-corrected chi connectivity index (χ2v) is 8.23. The minimum atomic E-state index is 0.598. The van der Waals surface area contributed by atoms with Crippen LogP contribution in [0.25, 0.3) is 0 Å². The van der Waals surface area contributed by atoms with Gasteiger partial charge >= 0.3 is 0 Å². The molecule has 4 fully saturated rings. The van der Waals surface area contributed by atoms with E-state index in [-0.39, 0.29) is 0 Å². The standard InChI is InChI=1S/C20H29NO/c1-14(21-13-15-3-5-19(22-2)6-4-15)20-10-16-7-17(11-20)9-18(8-16)12-20/h3-6,14,16-18,21H,7-13H2,1-2H3/t14-,16?,17?,18?,20?/m0/s1. The van der Waals surface area contributed by atoms with Gasteiger partial charge in [0.15, 0.2) is 0 Å². The summed E-state index contributed by atoms with van der Waals surface area (Å²) in [7, 11) is 1.72. The van der Waals surface area contributed by atoms with Crippen molar-refractivity contribution in [2.45, 2.75) is 58.0 Å². The summed E-state index contributed by atoms with van der Waals surface area (Å²) in [4.78, 5) is 0. The predicted molar refractivity (Wildman–Crippen MR) is 89.9 cm³/mol. The van der Waals surface area contributed by atoms with Crippen molar-refractivity contribution >= 4 is 0 Å². The SMILES string of the molecule is COc1ccc(CN[C@@H](C)C23CC4CC(CC(C4)C2)C3)cc1. The van der Waals surface area contributed by atoms with Gasteiger partial charge in [-0.25, -0.2) is 0 Å². The Bertz CT molecular complexity index is 486. The van der Waals surface area contributed by atoms with Crippen molar-refractivity contribution in [3.8, 4) is 5.75 Å². The number of hydrogen-bond acceptors (Lipinski definition) is 2. The number of methoxy groups -OCH3 is 1. The fourth-order valence-corrected chi connectivity index (χ4v) is 5.94. The summed E-state index contributed by atoms with van der Waals surface area (Å²) in [5.74, 6) is 4.06. The molecule has 120 valence electrons. The quantitative estimate of drug-likeness (QED) is 0.870. The van der Waals surface area contributed by atoms with Gasteiger partial charge in [-0.1, -0.05) is 12.1 Å². The molecule has 4 aliphatic rings. The third-order valence-corrected chi connectivity index (χ3v) is 6.78. The van der Waals surface area contributed by atoms with Crippen molar-refractivity contribution in [1.82, 2.24) is 5.32 Å². The second-order valence-electron chi connectivity index (χ2n) is 8.23. The van der Waals surface area contributed by atoms with E-state index in [0.29, 0.717) is 11.5 Å². The summed E-state index contributed by atoms with van der Waals surface area (Å²) in [5.41, 5.74) is 1.96. The highest BCUT2D eigenvalue weighted by Gasteiger charge is 2.52. The lowest BCUT2D eigenvalue weighted by Crippen LogP contribution is -2.54. The molecule has 0 saturated heterocycles. The number of rotatable bonds is 5. The van der Waals surface area contributed by atoms with E-state index in [4.69, 9.17) is 4.74 Å². The monoisotopic (exact) mass is 299 g/mol. The molecule has 2 nitrogen and oxygen atoms in total. The van der Waals surface area contributed by atoms with E-state index in [0.717, 1.165) is 30.0 Å². The molecule has 22 heavy (non-hydrogen) atoms. The first kappa shape index (κ1) is 14.6. The fourth-order valence-electron chi connectivity index (χ4n) is 5.94. The summed E-state index contributed by atoms with van der Waals surface area (Å²) in [6, 6.07) is 9.12. The Morgan fingerprint density at radius 2 is 1.59 bits per heavy atom. The van der Waals surface area contributed by atoms with E-state index >= 15 is 0 Å². The van der Waals surface area contributed by atoms with Crippen LogP contribution < -0.4 is 10.1 Å². The first-order valence-corrected chi connectivity index (χ1v) is 9.03. The molecule has 0 aliphatic heterocycles. The van der Waals surface area contributed by atoms with Crippen LogP contribution in [0.3, 0.4) is 0 Å². The molecule has 0 spiro atoms. The fraction of sp³-hybridized carbons (Fsp3) is 0.700. The Labute approximate surface area is 134 Å². The molecule has 2 heteroatoms. The summed E-state index contributed by atoms with van der Waals surface area (Å²) >= 11 is 0. The topological polar surface area (TPSA) is 21.3 Å². The largest absolute Gasteiger partial charge is 0.497 e. The maximum Gasteiger partial charge on any atom is 0.118 e. The van der Waals surface area contributed by atoms with Crippen molar-refractivity contribution in [1.29, 1.82) is 0 Å². The molecule has 4 bridgehead atoms. The van der Waals surface area contributed by atoms with Gasteiger partial charge in [0.1, 0.15) is 5.75 Å². The van der Waals surface area contributed by atoms with Crippen LogP contribution in [-0.2, 0) is 6.54 Å². The van der Waals surface area contributed by atoms with E-state index in [1.807, 2.05) is 0 Å². The molecule has 1 aromatic rings. The minimum Gasteiger partial charge on any atom is -0.497 e. The van der Waals surface area contributed by atoms with Gasteiger partial charge in [-0.2, -0.15) is 0 Å². The van der Waals surface area contributed by atoms with Crippen molar-refractivity contribution in [3.05, 3.63) is 29.8 Å². The molecule has 5 rings (SSSR count). The van der Waals surface area contributed by atoms with Gasteiger partial charge in [-0.15, -0.1) is 0 Å². The molecular weight excluding hydrogens is 270 g/mol. The maximum absolute atomic E-state index is 5.24. The van der Waals surface area contributed by atoms with Crippen LogP contribution in [-0.4, -0.2) is 13.2 Å². The zero-order valence-corrected chi connectivity index (χ0v) is 14.0. The smallest absolute Gasteiger partial charge is 0.118 e. The molecule has 0 aromatic heterocycles. The van der Waals surface area contributed by atoms with Gasteiger partial charge < -0.3 is 10.1 Å². The highest BCUT2D eigenvalue weighted by atomic mass is 16.5. The van der Waals surface area contributed by atoms with E-state index < -0.39 is 0 Å². The molecule has 4 saturated carbocycles. The van der Waals surface area contributed by atoms with Crippen LogP contribution in [0.5, 0.6) is 5.75 Å². The van der Waals surface area contributed by atoms with Crippen LogP contribution >= 0.6 is 0 Å². The number of benzene rings is 1. The van der Waals surface area contributed by atoms with Gasteiger partial charge in [0.2, 0.25) is 0 Å². The van der Waals surface area contributed by atoms with Crippen molar-refractivity contribution in [2.24, 2.45) is 23.2 Å². The second kappa shape index (κ2) is 5.56. The Hall–Kier alpha value is -1.02. The van der Waals surface area contributed by atoms with E-state index in [2.05, 4.69) is 36.5 Å². The number of ether oxygens (including phenoxy) is 1. The lowest BCUT2D eigenvalue weighted by molar-refractivity contribution is -0.0706. The molecular formula is C20H29NO. The molecule has 0 heterocycles. The minimum absolute atomic E-state index is 0.598. The Morgan fingerprint density at radius 3 is 2.09 bits per heavy atom. The van der Waals surface area contributed by atoms with Gasteiger partial charge in [0, 0.05) is 12.6 Å². The number of nitrogens with one attached hydrogen (secondary N) is 1. The van der Waals surface area contributed by atoms with Gasteiger partial charge in [0.25, 0.3) is 0 Å². The van der Waals surface area contributed by atoms with E-state index in [9.17, 15) is 0 Å². The van der Waals surface area contributed by atoms with E-state index in [1.54, 1.807) is 7.11 Å². The molecule has 1 N–H and O–H groups in total. The van der Waals surface area contributed by atoms with Crippen LogP contribution in [0.4, 0.5) is 0 Å². The van der Waals surface area contributed by atoms with Crippen LogP contribution in [0.15, 0.2) is 24.3 Å². The molecule has 1 atom stereocenters. The molecule has 0 amide bonds. The zero-order valence-electron chi connectivity index (χ0n) is 14.0. The zero-order chi connectivity index (χ0) is 15.2. The van der Waals surface area contributed by atoms with Crippen LogP contribution in [0.2, 0.25) is 0 Å². The molecule has 1 aromatic carbocycles. The highest BCUT2D eigenvalue weighted by Crippen LogP contribution is 2.61. The molecule has 4 aliphatic carbocycles. The first-order chi connectivity index (χ1) is 10.7. The Morgan fingerprint density at radius 1 is 1.05 bits per heavy atom. The van der Waals surface area contributed by atoms with Crippen molar-refractivity contribution in [3.63, 3.8) is 0 Å². The van der Waals surface area contributed by atoms with Crippen molar-refractivity contribution in [2.75, 3.05) is 7.11 Å². The summed E-state index contributed by atoms with van der Waals surface area (Å²) < 4.78 is 5.24. The normalized spacial score (nSPS) is 37.3. The van der Waals surface area contributed by atoms with Gasteiger partial charge in [-0.3, -0.25) is 0 Å². The molecule has 0 radical (unpaired) electrons. The lowest BCUT2D eigenvalue weighted by atomic mass is 9.48. The maximum atomic E-state index is 5.24. The first-order valence-electron chi connectivity index (χ1n) is 9.03. The average molecular weight is 299 g/mol. The summed E-state index contributed by atoms with van der Waals surface area (Å²) in [6.45, 7) is 3.42. The third-order valence-electron chi connectivity index (χ3n) is 6.78. The van der Waals surface area contributed by atoms with Gasteiger partial charge in [-0.05, 0) is 86.3 Å². The van der Waals surface area contributed by atoms with Crippen molar-refractivity contribution < 1.29 is 4.74 Å². The van der Waals surface area contributed by atoms with Crippen LogP contribution in [0.1, 0.15) is 51.0 Å². The Balaban J connectivity index is 1.40. The lowest BCUT2D eigenvalue weighted by Gasteiger charge is -2.59. The molecule has 0 unspecified atom stereocenters. The van der Waals surface area contributed by atoms with E-state index in [1.165, 1.54) is 44.1 Å². The number of hydrogen-bond donors (Lipinski definition) is 1. The summed E-state index contributed by atoms with van der Waals surface area (Å²) in [6.07, 6.45) is 9.04. The van der Waals surface area contributed by atoms with Crippen LogP contribution in [0, 0.1) is 23.2 Å². The summed E-state index contributed by atoms with van der Waals surface area (Å²) in [5, 5.41) is 3.85. The highest BCUT2D eigenvalue weighted by molar-refractivity contribution is 5.27. The average Bonchev–Trinajstić information content (AvgIpc) is 2.51. The van der Waals surface area contributed by atoms with Gasteiger partial charge in [0.05, 0.1) is 7.11 Å². The predicted octanol–water partition coefficient (Wildman–Crippen LogP) is 4.39. The Kier molecular flexibility index (Phi) is 3.68.